The van der Waals surface area contributed by atoms with E-state index in [1.54, 1.807) is 0 Å². The number of hydrogen-bond acceptors (Lipinski definition) is 5. The molecule has 0 aliphatic heterocycles. The van der Waals surface area contributed by atoms with E-state index in [0.29, 0.717) is 9.87 Å². The summed E-state index contributed by atoms with van der Waals surface area (Å²) in [7, 11) is -3.97. The van der Waals surface area contributed by atoms with Crippen LogP contribution in [0.5, 0.6) is 0 Å². The van der Waals surface area contributed by atoms with Gasteiger partial charge in [0, 0.05) is 23.9 Å². The second kappa shape index (κ2) is 7.66. The van der Waals surface area contributed by atoms with Gasteiger partial charge in [-0.05, 0) is 24.6 Å². The number of carbonyl (C=O) groups is 1. The van der Waals surface area contributed by atoms with E-state index in [0.717, 1.165) is 30.5 Å². The van der Waals surface area contributed by atoms with Crippen molar-refractivity contribution < 1.29 is 26.9 Å². The molecule has 1 N–H and O–H groups in total. The molecule has 0 fully saturated rings. The molecule has 0 bridgehead atoms. The van der Waals surface area contributed by atoms with E-state index in [4.69, 9.17) is 0 Å². The summed E-state index contributed by atoms with van der Waals surface area (Å²) >= 11 is 0. The predicted molar refractivity (Wildman–Crippen MR) is 95.0 cm³/mol. The van der Waals surface area contributed by atoms with Crippen LogP contribution in [0.2, 0.25) is 0 Å². The Kier molecular flexibility index (Phi) is 5.74. The first-order valence-corrected chi connectivity index (χ1v) is 9.31. The molecule has 0 saturated carbocycles. The number of anilines is 2. The first-order valence-electron chi connectivity index (χ1n) is 7.46. The summed E-state index contributed by atoms with van der Waals surface area (Å²) in [5.74, 6) is -3.11. The fraction of sp³-hybridized carbons (Fsp3) is 0.188. The number of nitrogens with zero attached hydrogens (tertiary/aromatic N) is 2. The fourth-order valence-electron chi connectivity index (χ4n) is 2.27. The molecule has 8 nitrogen and oxygen atoms in total. The highest BCUT2D eigenvalue weighted by molar-refractivity contribution is 7.92. The van der Waals surface area contributed by atoms with Crippen molar-refractivity contribution in [3.63, 3.8) is 0 Å². The van der Waals surface area contributed by atoms with Crippen LogP contribution >= 0.6 is 0 Å². The number of nitrogens with one attached hydrogen (secondary N) is 1. The predicted octanol–water partition coefficient (Wildman–Crippen LogP) is 2.59. The molecule has 0 unspecified atom stereocenters. The zero-order chi connectivity index (χ0) is 20.4. The second-order valence-electron chi connectivity index (χ2n) is 5.67. The Hall–Kier alpha value is -3.08. The van der Waals surface area contributed by atoms with Gasteiger partial charge in [0.1, 0.15) is 6.54 Å². The van der Waals surface area contributed by atoms with Crippen LogP contribution in [0.4, 0.5) is 25.8 Å². The monoisotopic (exact) mass is 399 g/mol. The summed E-state index contributed by atoms with van der Waals surface area (Å²) in [4.78, 5) is 22.5. The van der Waals surface area contributed by atoms with Gasteiger partial charge < -0.3 is 5.32 Å². The molecular weight excluding hydrogens is 384 g/mol. The van der Waals surface area contributed by atoms with Crippen LogP contribution in [0, 0.1) is 28.7 Å². The van der Waals surface area contributed by atoms with E-state index >= 15 is 0 Å². The minimum atomic E-state index is -3.97. The van der Waals surface area contributed by atoms with Gasteiger partial charge >= 0.3 is 0 Å². The zero-order valence-corrected chi connectivity index (χ0v) is 15.1. The largest absolute Gasteiger partial charge is 0.324 e. The number of sulfonamides is 1. The molecule has 0 aliphatic rings. The van der Waals surface area contributed by atoms with E-state index in [-0.39, 0.29) is 17.1 Å². The Balaban J connectivity index is 2.33. The number of non-ortho nitro benzene ring substituents is 1. The first kappa shape index (κ1) is 20.2. The lowest BCUT2D eigenvalue weighted by Gasteiger charge is -2.23. The van der Waals surface area contributed by atoms with Crippen LogP contribution in [-0.4, -0.2) is 32.0 Å². The number of halogens is 2. The Morgan fingerprint density at radius 1 is 1.19 bits per heavy atom. The molecule has 2 aromatic carbocycles. The van der Waals surface area contributed by atoms with Crippen LogP contribution in [0.1, 0.15) is 5.56 Å². The summed E-state index contributed by atoms with van der Waals surface area (Å²) in [6.45, 7) is 0.824. The molecule has 1 amide bonds. The van der Waals surface area contributed by atoms with Crippen molar-refractivity contribution in [1.29, 1.82) is 0 Å². The van der Waals surface area contributed by atoms with Crippen molar-refractivity contribution in [2.45, 2.75) is 6.92 Å². The zero-order valence-electron chi connectivity index (χ0n) is 14.3. The van der Waals surface area contributed by atoms with Crippen LogP contribution in [0.25, 0.3) is 0 Å². The van der Waals surface area contributed by atoms with Crippen molar-refractivity contribution in [2.75, 3.05) is 22.4 Å². The number of rotatable bonds is 6. The van der Waals surface area contributed by atoms with Gasteiger partial charge in [-0.25, -0.2) is 17.2 Å². The van der Waals surface area contributed by atoms with Gasteiger partial charge in [0.05, 0.1) is 16.9 Å². The topological polar surface area (TPSA) is 110 Å². The van der Waals surface area contributed by atoms with Crippen molar-refractivity contribution in [3.8, 4) is 0 Å². The maximum atomic E-state index is 13.2. The van der Waals surface area contributed by atoms with Gasteiger partial charge in [-0.3, -0.25) is 19.2 Å². The normalized spacial score (nSPS) is 11.1. The van der Waals surface area contributed by atoms with Gasteiger partial charge in [-0.2, -0.15) is 0 Å². The number of hydrogen-bond donors (Lipinski definition) is 1. The van der Waals surface area contributed by atoms with E-state index in [2.05, 4.69) is 5.32 Å². The molecule has 0 radical (unpaired) electrons. The summed E-state index contributed by atoms with van der Waals surface area (Å²) in [5.41, 5.74) is -0.0489. The number of nitro benzene ring substituents is 1. The van der Waals surface area contributed by atoms with E-state index in [1.165, 1.54) is 19.1 Å². The SMILES string of the molecule is Cc1ccc([N+](=O)[O-])cc1N(CC(=O)Nc1ccc(F)c(F)c1)S(C)(=O)=O. The summed E-state index contributed by atoms with van der Waals surface area (Å²) in [6, 6.07) is 6.28. The molecule has 0 aromatic heterocycles. The smallest absolute Gasteiger partial charge is 0.271 e. The third-order valence-corrected chi connectivity index (χ3v) is 4.69. The Bertz CT molecular complexity index is 1010. The van der Waals surface area contributed by atoms with Gasteiger partial charge in [-0.1, -0.05) is 6.07 Å². The highest BCUT2D eigenvalue weighted by atomic mass is 32.2. The first-order chi connectivity index (χ1) is 12.5. The number of nitro groups is 1. The lowest BCUT2D eigenvalue weighted by molar-refractivity contribution is -0.384. The molecule has 144 valence electrons. The van der Waals surface area contributed by atoms with Crippen molar-refractivity contribution in [2.24, 2.45) is 0 Å². The third kappa shape index (κ3) is 4.97. The average molecular weight is 399 g/mol. The Morgan fingerprint density at radius 3 is 2.41 bits per heavy atom. The lowest BCUT2D eigenvalue weighted by atomic mass is 10.2. The molecular formula is C16H15F2N3O5S. The van der Waals surface area contributed by atoms with Gasteiger partial charge in [0.15, 0.2) is 11.6 Å². The Morgan fingerprint density at radius 2 is 1.85 bits per heavy atom. The molecule has 0 aliphatic carbocycles. The average Bonchev–Trinajstić information content (AvgIpc) is 2.55. The molecule has 0 spiro atoms. The maximum absolute atomic E-state index is 13.2. The van der Waals surface area contributed by atoms with Crippen LogP contribution in [0.15, 0.2) is 36.4 Å². The minimum absolute atomic E-state index is 0.0351. The molecule has 2 aromatic rings. The minimum Gasteiger partial charge on any atom is -0.324 e. The van der Waals surface area contributed by atoms with E-state index in [9.17, 15) is 32.1 Å². The van der Waals surface area contributed by atoms with Crippen molar-refractivity contribution >= 4 is 33.0 Å². The molecule has 0 heterocycles. The number of aryl methyl sites for hydroxylation is 1. The van der Waals surface area contributed by atoms with Crippen molar-refractivity contribution in [3.05, 3.63) is 63.7 Å². The second-order valence-corrected chi connectivity index (χ2v) is 7.58. The van der Waals surface area contributed by atoms with E-state index < -0.39 is 39.0 Å². The quantitative estimate of drug-likeness (QED) is 0.593. The maximum Gasteiger partial charge on any atom is 0.271 e. The highest BCUT2D eigenvalue weighted by Crippen LogP contribution is 2.27. The van der Waals surface area contributed by atoms with Gasteiger partial charge in [-0.15, -0.1) is 0 Å². The molecule has 27 heavy (non-hydrogen) atoms. The van der Waals surface area contributed by atoms with Gasteiger partial charge in [0.2, 0.25) is 15.9 Å². The molecule has 2 rings (SSSR count). The van der Waals surface area contributed by atoms with Crippen LogP contribution < -0.4 is 9.62 Å². The van der Waals surface area contributed by atoms with Crippen molar-refractivity contribution in [1.82, 2.24) is 0 Å². The van der Waals surface area contributed by atoms with Crippen LogP contribution in [0.3, 0.4) is 0 Å². The molecule has 0 atom stereocenters. The summed E-state index contributed by atoms with van der Waals surface area (Å²) < 4.78 is 51.1. The molecule has 0 saturated heterocycles. The molecule has 11 heteroatoms. The number of amides is 1. The summed E-state index contributed by atoms with van der Waals surface area (Å²) in [6.07, 6.45) is 0.843. The van der Waals surface area contributed by atoms with E-state index in [1.807, 2.05) is 0 Å². The number of benzene rings is 2. The fourth-order valence-corrected chi connectivity index (χ4v) is 3.17. The van der Waals surface area contributed by atoms with Gasteiger partial charge in [0.25, 0.3) is 5.69 Å². The summed E-state index contributed by atoms with van der Waals surface area (Å²) in [5, 5.41) is 13.2. The standard InChI is InChI=1S/C16H15F2N3O5S/c1-10-3-5-12(21(23)24)8-15(10)20(27(2,25)26)9-16(22)19-11-4-6-13(17)14(18)7-11/h3-8H,9H2,1-2H3,(H,19,22). The third-order valence-electron chi connectivity index (χ3n) is 3.56. The highest BCUT2D eigenvalue weighted by Gasteiger charge is 2.24. The van der Waals surface area contributed by atoms with Crippen LogP contribution in [-0.2, 0) is 14.8 Å². The Labute approximate surface area is 153 Å². The lowest BCUT2D eigenvalue weighted by Crippen LogP contribution is -2.37. The number of carbonyl (C=O) groups excluding carboxylic acids is 1.